The van der Waals surface area contributed by atoms with Crippen molar-refractivity contribution in [2.75, 3.05) is 10.6 Å². The highest BCUT2D eigenvalue weighted by atomic mass is 16.4. The molecule has 0 spiro atoms. The van der Waals surface area contributed by atoms with E-state index >= 15 is 0 Å². The van der Waals surface area contributed by atoms with Crippen LogP contribution in [0.25, 0.3) is 44.1 Å². The van der Waals surface area contributed by atoms with Crippen LogP contribution in [0.3, 0.4) is 0 Å². The van der Waals surface area contributed by atoms with Gasteiger partial charge in [-0.05, 0) is 58.7 Å². The number of fused-ring (bicyclic) bond motifs is 2. The summed E-state index contributed by atoms with van der Waals surface area (Å²) in [5.74, 6) is -0.991. The molecule has 0 aliphatic rings. The molecule has 0 saturated carbocycles. The molecule has 4 heterocycles. The maximum Gasteiger partial charge on any atom is 0.352 e. The van der Waals surface area contributed by atoms with Gasteiger partial charge < -0.3 is 25.7 Å². The minimum absolute atomic E-state index is 0.144. The molecular formula is C39H30N6O2. The molecule has 8 heteroatoms. The van der Waals surface area contributed by atoms with Crippen LogP contribution >= 0.6 is 0 Å². The Morgan fingerprint density at radius 2 is 1.04 bits per heavy atom. The number of pyridine rings is 2. The van der Waals surface area contributed by atoms with Crippen LogP contribution in [0.2, 0.25) is 0 Å². The fourth-order valence-corrected chi connectivity index (χ4v) is 5.41. The number of aromatic amines is 2. The summed E-state index contributed by atoms with van der Waals surface area (Å²) in [7, 11) is 0. The minimum Gasteiger partial charge on any atom is -0.477 e. The fourth-order valence-electron chi connectivity index (χ4n) is 5.41. The van der Waals surface area contributed by atoms with Gasteiger partial charge in [0.1, 0.15) is 5.69 Å². The van der Waals surface area contributed by atoms with Gasteiger partial charge in [0.2, 0.25) is 0 Å². The molecule has 4 aromatic carbocycles. The highest BCUT2D eigenvalue weighted by molar-refractivity contribution is 5.99. The molecule has 0 aliphatic heterocycles. The number of H-pyrrole nitrogens is 2. The van der Waals surface area contributed by atoms with E-state index in [0.29, 0.717) is 5.52 Å². The number of carboxylic acids is 1. The Morgan fingerprint density at radius 3 is 1.57 bits per heavy atom. The number of nitrogens with zero attached hydrogens (tertiary/aromatic N) is 2. The van der Waals surface area contributed by atoms with Gasteiger partial charge in [0.05, 0.1) is 47.2 Å². The molecule has 8 aromatic rings. The van der Waals surface area contributed by atoms with Gasteiger partial charge in [-0.25, -0.2) is 4.79 Å². The van der Waals surface area contributed by atoms with Crippen molar-refractivity contribution in [3.63, 3.8) is 0 Å². The molecule has 0 unspecified atom stereocenters. The minimum atomic E-state index is -0.991. The van der Waals surface area contributed by atoms with Crippen molar-refractivity contribution < 1.29 is 9.90 Å². The van der Waals surface area contributed by atoms with E-state index in [4.69, 9.17) is 5.11 Å². The molecule has 0 amide bonds. The van der Waals surface area contributed by atoms with Crippen molar-refractivity contribution in [3.05, 3.63) is 158 Å². The van der Waals surface area contributed by atoms with Gasteiger partial charge in [-0.3, -0.25) is 9.97 Å². The van der Waals surface area contributed by atoms with Gasteiger partial charge in [0.15, 0.2) is 0 Å². The fraction of sp³-hybridized carbons (Fsp3) is 0. The number of hydrogen-bond acceptors (Lipinski definition) is 5. The molecule has 0 atom stereocenters. The average Bonchev–Trinajstić information content (AvgIpc) is 3.79. The molecule has 8 rings (SSSR count). The Morgan fingerprint density at radius 1 is 0.553 bits per heavy atom. The predicted molar refractivity (Wildman–Crippen MR) is 189 cm³/mol. The average molecular weight is 615 g/mol. The molecule has 4 aromatic heterocycles. The smallest absolute Gasteiger partial charge is 0.352 e. The Kier molecular flexibility index (Phi) is 8.12. The van der Waals surface area contributed by atoms with Crippen molar-refractivity contribution in [2.45, 2.75) is 0 Å². The van der Waals surface area contributed by atoms with E-state index in [-0.39, 0.29) is 5.69 Å². The Bertz CT molecular complexity index is 2260. The van der Waals surface area contributed by atoms with Crippen LogP contribution in [0, 0.1) is 0 Å². The van der Waals surface area contributed by atoms with Gasteiger partial charge in [-0.2, -0.15) is 0 Å². The van der Waals surface area contributed by atoms with Crippen LogP contribution in [0.5, 0.6) is 0 Å². The molecule has 0 saturated heterocycles. The van der Waals surface area contributed by atoms with E-state index in [1.807, 2.05) is 67.1 Å². The Balaban J connectivity index is 0.000000151. The first kappa shape index (κ1) is 29.1. The summed E-state index contributed by atoms with van der Waals surface area (Å²) in [5.41, 5.74) is 10.3. The predicted octanol–water partition coefficient (Wildman–Crippen LogP) is 9.65. The first-order valence-corrected chi connectivity index (χ1v) is 15.1. The third-order valence-corrected chi connectivity index (χ3v) is 7.79. The zero-order valence-electron chi connectivity index (χ0n) is 25.2. The van der Waals surface area contributed by atoms with E-state index in [9.17, 15) is 4.79 Å². The molecule has 228 valence electrons. The van der Waals surface area contributed by atoms with E-state index in [2.05, 4.69) is 97.3 Å². The topological polar surface area (TPSA) is 119 Å². The van der Waals surface area contributed by atoms with Crippen molar-refractivity contribution in [2.24, 2.45) is 0 Å². The Labute approximate surface area is 270 Å². The zero-order valence-corrected chi connectivity index (χ0v) is 25.2. The first-order valence-electron chi connectivity index (χ1n) is 15.1. The molecule has 8 nitrogen and oxygen atoms in total. The lowest BCUT2D eigenvalue weighted by molar-refractivity contribution is 0.0691. The highest BCUT2D eigenvalue weighted by Crippen LogP contribution is 2.29. The Hall–Kier alpha value is -6.67. The number of hydrogen-bond donors (Lipinski definition) is 5. The number of carboxylic acid groups (broad SMARTS) is 1. The summed E-state index contributed by atoms with van der Waals surface area (Å²) >= 11 is 0. The summed E-state index contributed by atoms with van der Waals surface area (Å²) in [5, 5.41) is 17.8. The summed E-state index contributed by atoms with van der Waals surface area (Å²) < 4.78 is 0. The molecule has 0 radical (unpaired) electrons. The van der Waals surface area contributed by atoms with E-state index in [0.717, 1.165) is 50.2 Å². The lowest BCUT2D eigenvalue weighted by atomic mass is 10.1. The standard InChI is InChI=1S/C20H15N3O2.C19H15N3/c24-20(25)17-10-16-18(11-21-12-19(16)23-17)22-15-8-6-14(7-9-15)13-4-2-1-3-5-13;1-2-4-14(5-3-1)15-6-8-16(9-7-15)22-19-13-20-12-18-17(19)10-11-21-18/h1-12,22-23H,(H,24,25);1-13,21-22H. The van der Waals surface area contributed by atoms with Gasteiger partial charge >= 0.3 is 5.97 Å². The summed E-state index contributed by atoms with van der Waals surface area (Å²) in [6.07, 6.45) is 8.91. The van der Waals surface area contributed by atoms with Gasteiger partial charge in [0, 0.05) is 28.3 Å². The SMILES string of the molecule is O=C(O)c1cc2c(Nc3ccc(-c4ccccc4)cc3)cncc2[nH]1.c1ccc(-c2ccc(Nc3cncc4[nH]ccc34)cc2)cc1. The summed E-state index contributed by atoms with van der Waals surface area (Å²) in [4.78, 5) is 25.6. The van der Waals surface area contributed by atoms with Gasteiger partial charge in [0.25, 0.3) is 0 Å². The van der Waals surface area contributed by atoms with Crippen molar-refractivity contribution in [3.8, 4) is 22.3 Å². The van der Waals surface area contributed by atoms with Crippen molar-refractivity contribution in [1.29, 1.82) is 0 Å². The highest BCUT2D eigenvalue weighted by Gasteiger charge is 2.11. The molecular weight excluding hydrogens is 584 g/mol. The number of benzene rings is 4. The zero-order chi connectivity index (χ0) is 32.0. The van der Waals surface area contributed by atoms with Crippen molar-refractivity contribution >= 4 is 50.5 Å². The summed E-state index contributed by atoms with van der Waals surface area (Å²) in [6.45, 7) is 0. The number of aromatic nitrogens is 4. The summed E-state index contributed by atoms with van der Waals surface area (Å²) in [6, 6.07) is 40.7. The first-order chi connectivity index (χ1) is 23.1. The maximum absolute atomic E-state index is 11.1. The normalized spacial score (nSPS) is 10.7. The van der Waals surface area contributed by atoms with Crippen LogP contribution in [0.4, 0.5) is 22.7 Å². The maximum atomic E-state index is 11.1. The van der Waals surface area contributed by atoms with E-state index in [1.165, 1.54) is 11.1 Å². The van der Waals surface area contributed by atoms with Crippen LogP contribution in [-0.4, -0.2) is 31.0 Å². The number of nitrogens with one attached hydrogen (secondary N) is 4. The number of carbonyl (C=O) groups is 1. The second-order valence-electron chi connectivity index (χ2n) is 10.9. The van der Waals surface area contributed by atoms with Gasteiger partial charge in [-0.1, -0.05) is 84.9 Å². The number of rotatable bonds is 7. The second kappa shape index (κ2) is 13.1. The second-order valence-corrected chi connectivity index (χ2v) is 10.9. The third-order valence-electron chi connectivity index (χ3n) is 7.79. The lowest BCUT2D eigenvalue weighted by Crippen LogP contribution is -1.94. The van der Waals surface area contributed by atoms with E-state index < -0.39 is 5.97 Å². The van der Waals surface area contributed by atoms with Crippen LogP contribution in [0.1, 0.15) is 10.5 Å². The van der Waals surface area contributed by atoms with Crippen LogP contribution < -0.4 is 10.6 Å². The van der Waals surface area contributed by atoms with Crippen LogP contribution in [0.15, 0.2) is 152 Å². The molecule has 5 N–H and O–H groups in total. The molecule has 0 aliphatic carbocycles. The molecule has 47 heavy (non-hydrogen) atoms. The largest absolute Gasteiger partial charge is 0.477 e. The third kappa shape index (κ3) is 6.57. The van der Waals surface area contributed by atoms with Gasteiger partial charge in [-0.15, -0.1) is 0 Å². The molecule has 0 bridgehead atoms. The quantitative estimate of drug-likeness (QED) is 0.122. The van der Waals surface area contributed by atoms with E-state index in [1.54, 1.807) is 18.5 Å². The number of anilines is 4. The monoisotopic (exact) mass is 614 g/mol. The number of aromatic carboxylic acids is 1. The lowest BCUT2D eigenvalue weighted by Gasteiger charge is -2.08. The van der Waals surface area contributed by atoms with Crippen LogP contribution in [-0.2, 0) is 0 Å². The van der Waals surface area contributed by atoms with Crippen molar-refractivity contribution in [1.82, 2.24) is 19.9 Å². The molecule has 0 fully saturated rings.